The van der Waals surface area contributed by atoms with Crippen LogP contribution in [-0.4, -0.2) is 44.4 Å². The number of ether oxygens (including phenoxy) is 1. The van der Waals surface area contributed by atoms with Gasteiger partial charge in [-0.25, -0.2) is 0 Å². The van der Waals surface area contributed by atoms with Crippen LogP contribution in [0, 0.1) is 0 Å². The predicted molar refractivity (Wildman–Crippen MR) is 78.1 cm³/mol. The lowest BCUT2D eigenvalue weighted by Crippen LogP contribution is -2.48. The Morgan fingerprint density at radius 3 is 2.77 bits per heavy atom. The van der Waals surface area contributed by atoms with Crippen LogP contribution in [0.1, 0.15) is 38.0 Å². The molecule has 4 rings (SSSR count). The quantitative estimate of drug-likeness (QED) is 0.855. The fraction of sp³-hybridized carbons (Fsp3) is 0.600. The minimum Gasteiger partial charge on any atom is -0.480 e. The minimum absolute atomic E-state index is 0.411. The lowest BCUT2D eigenvalue weighted by Gasteiger charge is -2.45. The maximum absolute atomic E-state index is 5.40. The van der Waals surface area contributed by atoms with Crippen LogP contribution in [-0.2, 0) is 6.54 Å². The molecule has 1 saturated carbocycles. The first-order valence-electron chi connectivity index (χ1n) is 7.75. The summed E-state index contributed by atoms with van der Waals surface area (Å²) in [6, 6.07) is 3.52. The molecule has 7 nitrogen and oxygen atoms in total. The van der Waals surface area contributed by atoms with E-state index >= 15 is 0 Å². The Labute approximate surface area is 128 Å². The standard InChI is InChI=1S/C15H19N5O2/c1-21-12-5-4-11(17-18-12)14-16-13(22-19-14)10-20-9-3-8-15(20)6-2-7-15/h4-5H,2-3,6-10H2,1H3. The molecule has 0 amide bonds. The lowest BCUT2D eigenvalue weighted by atomic mass is 9.75. The van der Waals surface area contributed by atoms with Gasteiger partial charge in [0.25, 0.3) is 0 Å². The van der Waals surface area contributed by atoms with Crippen molar-refractivity contribution in [2.45, 2.75) is 44.2 Å². The average Bonchev–Trinajstić information content (AvgIpc) is 3.14. The molecular weight excluding hydrogens is 282 g/mol. The van der Waals surface area contributed by atoms with Crippen molar-refractivity contribution in [3.05, 3.63) is 18.0 Å². The van der Waals surface area contributed by atoms with Crippen LogP contribution in [0.25, 0.3) is 11.5 Å². The fourth-order valence-electron chi connectivity index (χ4n) is 3.53. The Bertz CT molecular complexity index is 650. The van der Waals surface area contributed by atoms with Crippen molar-refractivity contribution in [2.24, 2.45) is 0 Å². The van der Waals surface area contributed by atoms with E-state index in [2.05, 4.69) is 25.2 Å². The van der Waals surface area contributed by atoms with E-state index in [0.717, 1.165) is 13.1 Å². The van der Waals surface area contributed by atoms with Crippen molar-refractivity contribution in [2.75, 3.05) is 13.7 Å². The Balaban J connectivity index is 1.49. The number of rotatable bonds is 4. The van der Waals surface area contributed by atoms with Gasteiger partial charge in [0.05, 0.1) is 13.7 Å². The van der Waals surface area contributed by atoms with Crippen LogP contribution in [0.5, 0.6) is 5.88 Å². The molecule has 0 unspecified atom stereocenters. The van der Waals surface area contributed by atoms with Crippen molar-refractivity contribution < 1.29 is 9.26 Å². The first-order valence-corrected chi connectivity index (χ1v) is 7.75. The number of nitrogens with zero attached hydrogens (tertiary/aromatic N) is 5. The van der Waals surface area contributed by atoms with E-state index in [-0.39, 0.29) is 0 Å². The molecule has 2 fully saturated rings. The monoisotopic (exact) mass is 301 g/mol. The molecule has 116 valence electrons. The molecule has 2 aliphatic rings. The van der Waals surface area contributed by atoms with E-state index in [1.807, 2.05) is 0 Å². The van der Waals surface area contributed by atoms with Gasteiger partial charge in [0.2, 0.25) is 17.6 Å². The first-order chi connectivity index (χ1) is 10.8. The average molecular weight is 301 g/mol. The van der Waals surface area contributed by atoms with Gasteiger partial charge in [-0.1, -0.05) is 5.16 Å². The predicted octanol–water partition coefficient (Wildman–Crippen LogP) is 2.05. The third-order valence-electron chi connectivity index (χ3n) is 4.90. The van der Waals surface area contributed by atoms with E-state index in [1.54, 1.807) is 19.2 Å². The summed E-state index contributed by atoms with van der Waals surface area (Å²) in [5.41, 5.74) is 1.00. The zero-order valence-electron chi connectivity index (χ0n) is 12.7. The smallest absolute Gasteiger partial charge is 0.241 e. The van der Waals surface area contributed by atoms with E-state index in [9.17, 15) is 0 Å². The largest absolute Gasteiger partial charge is 0.480 e. The molecule has 1 aliphatic carbocycles. The second kappa shape index (κ2) is 5.31. The lowest BCUT2D eigenvalue weighted by molar-refractivity contribution is 0.0413. The SMILES string of the molecule is COc1ccc(-c2noc(CN3CCCC34CCC4)n2)nn1. The minimum atomic E-state index is 0.411. The maximum atomic E-state index is 5.40. The Morgan fingerprint density at radius 1 is 1.23 bits per heavy atom. The van der Waals surface area contributed by atoms with Gasteiger partial charge >= 0.3 is 0 Å². The summed E-state index contributed by atoms with van der Waals surface area (Å²) in [6.07, 6.45) is 6.52. The summed E-state index contributed by atoms with van der Waals surface area (Å²) in [5.74, 6) is 1.60. The highest BCUT2D eigenvalue weighted by atomic mass is 16.5. The van der Waals surface area contributed by atoms with Crippen molar-refractivity contribution in [3.8, 4) is 17.4 Å². The van der Waals surface area contributed by atoms with Crippen LogP contribution in [0.3, 0.4) is 0 Å². The number of aromatic nitrogens is 4. The van der Waals surface area contributed by atoms with E-state index in [0.29, 0.717) is 28.8 Å². The third kappa shape index (κ3) is 2.25. The van der Waals surface area contributed by atoms with E-state index in [4.69, 9.17) is 9.26 Å². The highest BCUT2D eigenvalue weighted by Crippen LogP contribution is 2.45. The summed E-state index contributed by atoms with van der Waals surface area (Å²) in [6.45, 7) is 1.86. The normalized spacial score (nSPS) is 20.2. The van der Waals surface area contributed by atoms with Gasteiger partial charge in [-0.3, -0.25) is 4.90 Å². The van der Waals surface area contributed by atoms with Crippen molar-refractivity contribution in [3.63, 3.8) is 0 Å². The molecular formula is C15H19N5O2. The van der Waals surface area contributed by atoms with Gasteiger partial charge in [-0.2, -0.15) is 4.98 Å². The summed E-state index contributed by atoms with van der Waals surface area (Å²) >= 11 is 0. The highest BCUT2D eigenvalue weighted by molar-refractivity contribution is 5.47. The Morgan fingerprint density at radius 2 is 2.09 bits per heavy atom. The molecule has 1 saturated heterocycles. The highest BCUT2D eigenvalue weighted by Gasteiger charge is 2.45. The van der Waals surface area contributed by atoms with Gasteiger partial charge < -0.3 is 9.26 Å². The molecule has 1 spiro atoms. The molecule has 3 heterocycles. The summed E-state index contributed by atoms with van der Waals surface area (Å²) in [7, 11) is 1.56. The second-order valence-electron chi connectivity index (χ2n) is 6.08. The molecule has 0 atom stereocenters. The number of hydrogen-bond acceptors (Lipinski definition) is 7. The van der Waals surface area contributed by atoms with Crippen LogP contribution in [0.4, 0.5) is 0 Å². The van der Waals surface area contributed by atoms with E-state index in [1.165, 1.54) is 32.1 Å². The van der Waals surface area contributed by atoms with Crippen LogP contribution in [0.15, 0.2) is 16.7 Å². The molecule has 0 bridgehead atoms. The molecule has 0 N–H and O–H groups in total. The van der Waals surface area contributed by atoms with Crippen molar-refractivity contribution in [1.29, 1.82) is 0 Å². The zero-order valence-corrected chi connectivity index (χ0v) is 12.7. The zero-order chi connectivity index (χ0) is 15.0. The second-order valence-corrected chi connectivity index (χ2v) is 6.08. The molecule has 7 heteroatoms. The van der Waals surface area contributed by atoms with Gasteiger partial charge in [0.15, 0.2) is 0 Å². The molecule has 22 heavy (non-hydrogen) atoms. The van der Waals surface area contributed by atoms with Crippen LogP contribution in [0.2, 0.25) is 0 Å². The summed E-state index contributed by atoms with van der Waals surface area (Å²) < 4.78 is 10.4. The Kier molecular flexibility index (Phi) is 3.29. The van der Waals surface area contributed by atoms with Crippen LogP contribution < -0.4 is 4.74 Å². The van der Waals surface area contributed by atoms with Crippen molar-refractivity contribution in [1.82, 2.24) is 25.2 Å². The summed E-state index contributed by atoms with van der Waals surface area (Å²) in [5, 5.41) is 12.0. The molecule has 2 aromatic rings. The van der Waals surface area contributed by atoms with Gasteiger partial charge in [0.1, 0.15) is 5.69 Å². The van der Waals surface area contributed by atoms with Gasteiger partial charge in [-0.15, -0.1) is 10.2 Å². The molecule has 2 aromatic heterocycles. The maximum Gasteiger partial charge on any atom is 0.241 e. The summed E-state index contributed by atoms with van der Waals surface area (Å²) in [4.78, 5) is 6.97. The van der Waals surface area contributed by atoms with Gasteiger partial charge in [0, 0.05) is 11.6 Å². The number of likely N-dealkylation sites (tertiary alicyclic amines) is 1. The Hall–Kier alpha value is -2.02. The number of methoxy groups -OCH3 is 1. The third-order valence-corrected chi connectivity index (χ3v) is 4.90. The van der Waals surface area contributed by atoms with E-state index < -0.39 is 0 Å². The fourth-order valence-corrected chi connectivity index (χ4v) is 3.53. The molecule has 0 aromatic carbocycles. The molecule has 1 aliphatic heterocycles. The topological polar surface area (TPSA) is 77.2 Å². The van der Waals surface area contributed by atoms with Gasteiger partial charge in [-0.05, 0) is 44.7 Å². The van der Waals surface area contributed by atoms with Crippen LogP contribution >= 0.6 is 0 Å². The number of hydrogen-bond donors (Lipinski definition) is 0. The molecule has 0 radical (unpaired) electrons. The van der Waals surface area contributed by atoms with Crippen molar-refractivity contribution >= 4 is 0 Å². The first kappa shape index (κ1) is 13.6.